The number of fused-ring (bicyclic) bond motifs is 2. The largest absolute Gasteiger partial charge is 0.482 e. The first-order valence-corrected chi connectivity index (χ1v) is 9.55. The molecule has 0 bridgehead atoms. The molecule has 0 fully saturated rings. The maximum absolute atomic E-state index is 12.8. The van der Waals surface area contributed by atoms with Crippen molar-refractivity contribution in [2.24, 2.45) is 0 Å². The molecular weight excluding hydrogens is 370 g/mol. The molecule has 0 amide bonds. The summed E-state index contributed by atoms with van der Waals surface area (Å²) in [5.74, 6) is 0.500. The van der Waals surface area contributed by atoms with Gasteiger partial charge in [0, 0.05) is 35.3 Å². The molecule has 1 aromatic heterocycles. The number of para-hydroxylation sites is 1. The molecule has 2 aromatic carbocycles. The van der Waals surface area contributed by atoms with Gasteiger partial charge in [0.05, 0.1) is 12.2 Å². The van der Waals surface area contributed by atoms with Crippen molar-refractivity contribution in [1.82, 2.24) is 4.57 Å². The quantitative estimate of drug-likeness (QED) is 0.465. The number of carbonyl (C=O) groups excluding carboxylic acids is 2. The Labute approximate surface area is 168 Å². The number of esters is 1. The second-order valence-corrected chi connectivity index (χ2v) is 6.58. The third-order valence-electron chi connectivity index (χ3n) is 4.75. The Hall–Kier alpha value is -3.54. The highest BCUT2D eigenvalue weighted by Crippen LogP contribution is 2.35. The number of aryl methyl sites for hydroxylation is 1. The first kappa shape index (κ1) is 18.8. The van der Waals surface area contributed by atoms with Gasteiger partial charge < -0.3 is 18.8 Å². The average molecular weight is 391 g/mol. The second kappa shape index (κ2) is 7.83. The summed E-state index contributed by atoms with van der Waals surface area (Å²) in [5, 5.41) is 1.06. The Morgan fingerprint density at radius 2 is 2.00 bits per heavy atom. The van der Waals surface area contributed by atoms with Crippen molar-refractivity contribution in [3.8, 4) is 11.5 Å². The molecule has 1 aliphatic rings. The molecule has 0 aliphatic carbocycles. The summed E-state index contributed by atoms with van der Waals surface area (Å²) in [6.45, 7) is 4.75. The fraction of sp³-hybridized carbons (Fsp3) is 0.217. The van der Waals surface area contributed by atoms with E-state index in [9.17, 15) is 9.59 Å². The molecule has 0 radical (unpaired) electrons. The highest BCUT2D eigenvalue weighted by molar-refractivity contribution is 6.15. The number of Topliss-reactive ketones (excluding diaryl/α,β-unsaturated/α-hetero) is 1. The molecule has 1 aliphatic heterocycles. The number of carbonyl (C=O) groups is 2. The van der Waals surface area contributed by atoms with Crippen molar-refractivity contribution >= 4 is 28.7 Å². The topological polar surface area (TPSA) is 66.8 Å². The fourth-order valence-electron chi connectivity index (χ4n) is 3.39. The molecule has 6 heteroatoms. The summed E-state index contributed by atoms with van der Waals surface area (Å²) in [6, 6.07) is 13.0. The number of benzene rings is 2. The van der Waals surface area contributed by atoms with Gasteiger partial charge in [-0.3, -0.25) is 4.79 Å². The van der Waals surface area contributed by atoms with Crippen molar-refractivity contribution in [3.05, 3.63) is 65.5 Å². The Morgan fingerprint density at radius 1 is 1.17 bits per heavy atom. The van der Waals surface area contributed by atoms with E-state index in [1.165, 1.54) is 0 Å². The van der Waals surface area contributed by atoms with Gasteiger partial charge in [-0.05, 0) is 38.1 Å². The van der Waals surface area contributed by atoms with E-state index in [2.05, 4.69) is 17.6 Å². The van der Waals surface area contributed by atoms with E-state index in [0.29, 0.717) is 23.7 Å². The summed E-state index contributed by atoms with van der Waals surface area (Å²) in [6.07, 6.45) is 3.79. The Balaban J connectivity index is 1.59. The van der Waals surface area contributed by atoms with E-state index in [1.807, 2.05) is 24.4 Å². The zero-order chi connectivity index (χ0) is 20.4. The summed E-state index contributed by atoms with van der Waals surface area (Å²) >= 11 is 0. The van der Waals surface area contributed by atoms with Gasteiger partial charge in [-0.15, -0.1) is 0 Å². The minimum atomic E-state index is -0.446. The number of nitrogens with zero attached hydrogens (tertiary/aromatic N) is 1. The van der Waals surface area contributed by atoms with Crippen LogP contribution in [0.2, 0.25) is 0 Å². The summed E-state index contributed by atoms with van der Waals surface area (Å²) in [5.41, 5.74) is 2.51. The minimum absolute atomic E-state index is 0.176. The lowest BCUT2D eigenvalue weighted by molar-refractivity contribution is -0.145. The van der Waals surface area contributed by atoms with E-state index >= 15 is 0 Å². The molecule has 6 nitrogen and oxygen atoms in total. The number of hydrogen-bond donors (Lipinski definition) is 0. The Bertz CT molecular complexity index is 1130. The van der Waals surface area contributed by atoms with Gasteiger partial charge in [-0.25, -0.2) is 4.79 Å². The van der Waals surface area contributed by atoms with E-state index in [4.69, 9.17) is 14.2 Å². The Morgan fingerprint density at radius 3 is 2.79 bits per heavy atom. The molecule has 0 N–H and O–H groups in total. The third kappa shape index (κ3) is 3.61. The van der Waals surface area contributed by atoms with E-state index in [0.717, 1.165) is 23.0 Å². The SMILES string of the molecule is CCOC(=O)COc1ccc2c(c1)O/C(=C/c1cn(CC)c3ccccc13)C2=O. The van der Waals surface area contributed by atoms with Crippen molar-refractivity contribution in [2.45, 2.75) is 20.4 Å². The Kier molecular flexibility index (Phi) is 5.08. The lowest BCUT2D eigenvalue weighted by Gasteiger charge is -2.06. The number of aromatic nitrogens is 1. The van der Waals surface area contributed by atoms with Crippen LogP contribution in [0.3, 0.4) is 0 Å². The first-order chi connectivity index (χ1) is 14.1. The van der Waals surface area contributed by atoms with E-state index in [-0.39, 0.29) is 18.1 Å². The molecule has 0 saturated carbocycles. The molecule has 0 saturated heterocycles. The predicted octanol–water partition coefficient (Wildman–Crippen LogP) is 4.22. The van der Waals surface area contributed by atoms with Crippen molar-refractivity contribution in [3.63, 3.8) is 0 Å². The normalized spacial score (nSPS) is 14.1. The number of ether oxygens (including phenoxy) is 3. The van der Waals surface area contributed by atoms with Crippen LogP contribution in [0.15, 0.2) is 54.4 Å². The van der Waals surface area contributed by atoms with Gasteiger partial charge >= 0.3 is 5.97 Å². The highest BCUT2D eigenvalue weighted by Gasteiger charge is 2.28. The van der Waals surface area contributed by atoms with Crippen LogP contribution < -0.4 is 9.47 Å². The highest BCUT2D eigenvalue weighted by atomic mass is 16.6. The monoisotopic (exact) mass is 391 g/mol. The fourth-order valence-corrected chi connectivity index (χ4v) is 3.39. The number of allylic oxidation sites excluding steroid dienone is 1. The van der Waals surface area contributed by atoms with Crippen molar-refractivity contribution in [2.75, 3.05) is 13.2 Å². The smallest absolute Gasteiger partial charge is 0.344 e. The van der Waals surface area contributed by atoms with Crippen LogP contribution in [-0.2, 0) is 16.1 Å². The van der Waals surface area contributed by atoms with Crippen molar-refractivity contribution < 1.29 is 23.8 Å². The molecule has 0 spiro atoms. The molecule has 0 unspecified atom stereocenters. The number of rotatable bonds is 6. The maximum Gasteiger partial charge on any atom is 0.344 e. The summed E-state index contributed by atoms with van der Waals surface area (Å²) in [4.78, 5) is 24.2. The summed E-state index contributed by atoms with van der Waals surface area (Å²) in [7, 11) is 0. The van der Waals surface area contributed by atoms with Gasteiger partial charge in [0.25, 0.3) is 0 Å². The first-order valence-electron chi connectivity index (χ1n) is 9.55. The molecule has 2 heterocycles. The van der Waals surface area contributed by atoms with Gasteiger partial charge in [-0.2, -0.15) is 0 Å². The molecule has 3 aromatic rings. The average Bonchev–Trinajstić information content (AvgIpc) is 3.24. The number of ketones is 1. The molecular formula is C23H21NO5. The molecule has 4 rings (SSSR count). The minimum Gasteiger partial charge on any atom is -0.482 e. The standard InChI is InChI=1S/C23H21NO5/c1-3-24-13-15(17-7-5-6-8-19(17)24)11-21-23(26)18-10-9-16(12-20(18)29-21)28-14-22(25)27-4-2/h5-13H,3-4,14H2,1-2H3/b21-11+. The molecule has 29 heavy (non-hydrogen) atoms. The lowest BCUT2D eigenvalue weighted by atomic mass is 10.1. The van der Waals surface area contributed by atoms with Crippen LogP contribution in [0.5, 0.6) is 11.5 Å². The third-order valence-corrected chi connectivity index (χ3v) is 4.75. The predicted molar refractivity (Wildman–Crippen MR) is 109 cm³/mol. The van der Waals surface area contributed by atoms with E-state index in [1.54, 1.807) is 31.2 Å². The zero-order valence-corrected chi connectivity index (χ0v) is 16.3. The van der Waals surface area contributed by atoms with Gasteiger partial charge in [0.1, 0.15) is 11.5 Å². The van der Waals surface area contributed by atoms with Crippen LogP contribution >= 0.6 is 0 Å². The zero-order valence-electron chi connectivity index (χ0n) is 16.3. The van der Waals surface area contributed by atoms with Crippen LogP contribution in [0, 0.1) is 0 Å². The van der Waals surface area contributed by atoms with E-state index < -0.39 is 5.97 Å². The van der Waals surface area contributed by atoms with Crippen LogP contribution in [0.4, 0.5) is 0 Å². The van der Waals surface area contributed by atoms with Crippen LogP contribution in [0.25, 0.3) is 17.0 Å². The lowest BCUT2D eigenvalue weighted by Crippen LogP contribution is -2.14. The van der Waals surface area contributed by atoms with Gasteiger partial charge in [0.2, 0.25) is 5.78 Å². The molecule has 148 valence electrons. The maximum atomic E-state index is 12.8. The summed E-state index contributed by atoms with van der Waals surface area (Å²) < 4.78 is 18.2. The van der Waals surface area contributed by atoms with Gasteiger partial charge in [0.15, 0.2) is 12.4 Å². The van der Waals surface area contributed by atoms with Gasteiger partial charge in [-0.1, -0.05) is 18.2 Å². The van der Waals surface area contributed by atoms with Crippen LogP contribution in [0.1, 0.15) is 29.8 Å². The number of hydrogen-bond acceptors (Lipinski definition) is 5. The van der Waals surface area contributed by atoms with Crippen molar-refractivity contribution in [1.29, 1.82) is 0 Å². The second-order valence-electron chi connectivity index (χ2n) is 6.58. The molecule has 0 atom stereocenters. The van der Waals surface area contributed by atoms with Crippen LogP contribution in [-0.4, -0.2) is 29.5 Å².